The van der Waals surface area contributed by atoms with Crippen LogP contribution in [0, 0.1) is 5.92 Å². The minimum atomic E-state index is -5.44. The quantitative estimate of drug-likeness (QED) is 0.0135. The summed E-state index contributed by atoms with van der Waals surface area (Å²) in [6.45, 7) is 4.36. The topological polar surface area (TPSA) is 278 Å². The number of phosphoric ester groups is 2. The van der Waals surface area contributed by atoms with E-state index in [9.17, 15) is 43.5 Å². The van der Waals surface area contributed by atoms with Crippen molar-refractivity contribution in [3.05, 3.63) is 59.2 Å². The molecule has 0 aromatic carbocycles. The first kappa shape index (κ1) is 61.2. The number of esters is 2. The molecule has 2 aliphatic rings. The van der Waals surface area contributed by atoms with Crippen LogP contribution in [-0.2, 0) is 51.0 Å². The summed E-state index contributed by atoms with van der Waals surface area (Å²) in [4.78, 5) is 61.9. The minimum Gasteiger partial charge on any atom is -0.462 e. The molecule has 3 rings (SSSR count). The van der Waals surface area contributed by atoms with Crippen LogP contribution in [0.25, 0.3) is 0 Å². The SMILES string of the molecule is CCCCC/C=C\CC1OC1C/C=C\C/C=C\CCCC(=O)O[C@H](COC(=O)CCCCCCCCCCCCCC(C)C)COP(=O)(O)OP(=O)(O)OC[C@H]1O[C@@H](n2ccc(N)nc2=O)[C@H](O)[C@@H]1O. The zero-order chi connectivity index (χ0) is 51.2. The fraction of sp³-hybridized carbons (Fsp3) is 0.755. The van der Waals surface area contributed by atoms with Crippen LogP contribution in [0.1, 0.15) is 175 Å². The smallest absolute Gasteiger partial charge is 0.462 e. The molecule has 4 unspecified atom stereocenters. The standard InChI is InChI=1S/C49H83N3O16P2/c1-4-5-6-7-19-24-29-40-41(66-40)30-25-20-15-13-17-22-27-32-45(54)65-39(35-62-44(53)31-26-21-16-12-10-8-9-11-14-18-23-28-38(2)3)36-63-69(58,59)68-70(60,61)64-37-42-46(55)47(56)48(67-42)52-34-33-43(50)51-49(52)57/h13,17,19-20,24-25,33-34,38-42,46-48,55-56H,4-12,14-16,18,21-23,26-32,35-37H2,1-3H3,(H,58,59)(H,60,61)(H2,50,51,57)/b17-13-,24-19-,25-20-/t39-,40?,41?,42-,46-,47-,48-/m1/s1. The van der Waals surface area contributed by atoms with Crippen molar-refractivity contribution in [1.29, 1.82) is 0 Å². The van der Waals surface area contributed by atoms with E-state index in [2.05, 4.69) is 54.4 Å². The molecule has 19 nitrogen and oxygen atoms in total. The number of hydrogen-bond donors (Lipinski definition) is 5. The average molecular weight is 1030 g/mol. The summed E-state index contributed by atoms with van der Waals surface area (Å²) in [6.07, 6.45) is 28.4. The zero-order valence-corrected chi connectivity index (χ0v) is 43.5. The molecule has 3 heterocycles. The van der Waals surface area contributed by atoms with Crippen LogP contribution in [0.5, 0.6) is 0 Å². The molecule has 1 aromatic rings. The lowest BCUT2D eigenvalue weighted by Crippen LogP contribution is -2.36. The van der Waals surface area contributed by atoms with Crippen LogP contribution in [0.15, 0.2) is 53.5 Å². The number of unbranched alkanes of at least 4 members (excludes halogenated alkanes) is 14. The van der Waals surface area contributed by atoms with Crippen molar-refractivity contribution in [3.63, 3.8) is 0 Å². The molecule has 2 saturated heterocycles. The van der Waals surface area contributed by atoms with Crippen molar-refractivity contribution < 1.29 is 71.0 Å². The van der Waals surface area contributed by atoms with E-state index in [0.29, 0.717) is 25.4 Å². The van der Waals surface area contributed by atoms with Gasteiger partial charge < -0.3 is 44.7 Å². The highest BCUT2D eigenvalue weighted by Crippen LogP contribution is 2.60. The van der Waals surface area contributed by atoms with Gasteiger partial charge in [0.15, 0.2) is 12.3 Å². The third-order valence-corrected chi connectivity index (χ3v) is 14.4. The summed E-state index contributed by atoms with van der Waals surface area (Å²) in [5, 5.41) is 20.9. The maximum atomic E-state index is 12.9. The molecular weight excluding hydrogens is 948 g/mol. The number of phosphoric acid groups is 2. The number of carbonyl (C=O) groups excluding carboxylic acids is 2. The Kier molecular flexibility index (Phi) is 30.1. The molecule has 0 bridgehead atoms. The highest BCUT2D eigenvalue weighted by Gasteiger charge is 2.46. The highest BCUT2D eigenvalue weighted by molar-refractivity contribution is 7.61. The first-order valence-corrected chi connectivity index (χ1v) is 28.5. The molecule has 1 aromatic heterocycles. The molecular formula is C49H83N3O16P2. The van der Waals surface area contributed by atoms with E-state index in [1.54, 1.807) is 0 Å². The normalized spacial score (nSPS) is 22.5. The number of nitrogens with zero attached hydrogens (tertiary/aromatic N) is 2. The Morgan fingerprint density at radius 1 is 0.743 bits per heavy atom. The average Bonchev–Trinajstić information content (AvgIpc) is 3.99. The van der Waals surface area contributed by atoms with Gasteiger partial charge in [0.1, 0.15) is 30.7 Å². The summed E-state index contributed by atoms with van der Waals surface area (Å²) >= 11 is 0. The van der Waals surface area contributed by atoms with Crippen molar-refractivity contribution in [2.45, 2.75) is 211 Å². The van der Waals surface area contributed by atoms with Gasteiger partial charge in [0.2, 0.25) is 0 Å². The van der Waals surface area contributed by atoms with Crippen molar-refractivity contribution in [2.75, 3.05) is 25.6 Å². The molecule has 400 valence electrons. The molecule has 9 atom stereocenters. The maximum Gasteiger partial charge on any atom is 0.481 e. The van der Waals surface area contributed by atoms with Gasteiger partial charge in [0.05, 0.1) is 25.4 Å². The van der Waals surface area contributed by atoms with Gasteiger partial charge >= 0.3 is 33.3 Å². The number of allylic oxidation sites excluding steroid dienone is 4. The van der Waals surface area contributed by atoms with E-state index in [0.717, 1.165) is 68.0 Å². The van der Waals surface area contributed by atoms with E-state index in [1.807, 2.05) is 12.2 Å². The predicted octanol–water partition coefficient (Wildman–Crippen LogP) is 9.23. The lowest BCUT2D eigenvalue weighted by molar-refractivity contribution is -0.161. The lowest BCUT2D eigenvalue weighted by Gasteiger charge is -2.21. The van der Waals surface area contributed by atoms with Gasteiger partial charge in [-0.3, -0.25) is 23.2 Å². The van der Waals surface area contributed by atoms with Crippen LogP contribution in [0.2, 0.25) is 0 Å². The van der Waals surface area contributed by atoms with Crippen molar-refractivity contribution in [1.82, 2.24) is 9.55 Å². The second-order valence-electron chi connectivity index (χ2n) is 18.5. The number of aromatic nitrogens is 2. The van der Waals surface area contributed by atoms with E-state index in [1.165, 1.54) is 70.3 Å². The minimum absolute atomic E-state index is 0.0303. The van der Waals surface area contributed by atoms with Gasteiger partial charge in [-0.05, 0) is 63.4 Å². The predicted molar refractivity (Wildman–Crippen MR) is 265 cm³/mol. The fourth-order valence-corrected chi connectivity index (χ4v) is 9.82. The second kappa shape index (κ2) is 34.4. The number of anilines is 1. The van der Waals surface area contributed by atoms with E-state index in [4.69, 9.17) is 33.7 Å². The van der Waals surface area contributed by atoms with Gasteiger partial charge in [-0.1, -0.05) is 141 Å². The first-order chi connectivity index (χ1) is 33.5. The summed E-state index contributed by atoms with van der Waals surface area (Å²) in [7, 11) is -10.9. The molecule has 70 heavy (non-hydrogen) atoms. The Bertz CT molecular complexity index is 1900. The van der Waals surface area contributed by atoms with Gasteiger partial charge in [-0.15, -0.1) is 0 Å². The third kappa shape index (κ3) is 27.1. The van der Waals surface area contributed by atoms with Crippen molar-refractivity contribution >= 4 is 33.4 Å². The molecule has 2 aliphatic heterocycles. The van der Waals surface area contributed by atoms with Crippen LogP contribution in [0.3, 0.4) is 0 Å². The van der Waals surface area contributed by atoms with Gasteiger partial charge in [-0.25, -0.2) is 13.9 Å². The highest BCUT2D eigenvalue weighted by atomic mass is 31.3. The summed E-state index contributed by atoms with van der Waals surface area (Å²) in [6, 6.07) is 1.24. The Balaban J connectivity index is 1.42. The van der Waals surface area contributed by atoms with Gasteiger partial charge in [0, 0.05) is 19.0 Å². The Labute approximate surface area is 414 Å². The van der Waals surface area contributed by atoms with E-state index >= 15 is 0 Å². The Morgan fingerprint density at radius 2 is 1.33 bits per heavy atom. The van der Waals surface area contributed by atoms with E-state index < -0.39 is 83.7 Å². The van der Waals surface area contributed by atoms with Crippen molar-refractivity contribution in [3.8, 4) is 0 Å². The Morgan fingerprint density at radius 3 is 1.99 bits per heavy atom. The fourth-order valence-electron chi connectivity index (χ4n) is 7.71. The Hall–Kier alpha value is -3.06. The van der Waals surface area contributed by atoms with Gasteiger partial charge in [-0.2, -0.15) is 9.29 Å². The van der Waals surface area contributed by atoms with Crippen LogP contribution in [0.4, 0.5) is 5.82 Å². The van der Waals surface area contributed by atoms with Crippen LogP contribution >= 0.6 is 15.6 Å². The molecule has 0 spiro atoms. The molecule has 6 N–H and O–H groups in total. The summed E-state index contributed by atoms with van der Waals surface area (Å²) in [5.41, 5.74) is 4.58. The second-order valence-corrected chi connectivity index (χ2v) is 21.6. The molecule has 0 aliphatic carbocycles. The number of nitrogen functional groups attached to an aromatic ring is 1. The lowest BCUT2D eigenvalue weighted by atomic mass is 10.0. The number of nitrogens with two attached hydrogens (primary N) is 1. The molecule has 21 heteroatoms. The number of rotatable bonds is 40. The molecule has 0 saturated carbocycles. The first-order valence-electron chi connectivity index (χ1n) is 25.5. The van der Waals surface area contributed by atoms with Crippen LogP contribution in [-0.4, -0.2) is 97.9 Å². The largest absolute Gasteiger partial charge is 0.481 e. The van der Waals surface area contributed by atoms with Crippen LogP contribution < -0.4 is 11.4 Å². The number of aliphatic hydroxyl groups excluding tert-OH is 2. The maximum absolute atomic E-state index is 12.9. The number of ether oxygens (including phenoxy) is 4. The monoisotopic (exact) mass is 1030 g/mol. The third-order valence-electron chi connectivity index (χ3n) is 11.8. The molecule has 0 radical (unpaired) electrons. The number of hydrogen-bond acceptors (Lipinski definition) is 16. The molecule has 0 amide bonds. The number of carbonyl (C=O) groups is 2. The summed E-state index contributed by atoms with van der Waals surface area (Å²) in [5.74, 6) is -0.604. The summed E-state index contributed by atoms with van der Waals surface area (Å²) < 4.78 is 62.5. The number of aliphatic hydroxyl groups is 2. The molecule has 2 fully saturated rings. The van der Waals surface area contributed by atoms with Gasteiger partial charge in [0.25, 0.3) is 0 Å². The zero-order valence-electron chi connectivity index (χ0n) is 41.7. The number of epoxide rings is 1. The van der Waals surface area contributed by atoms with E-state index in [-0.39, 0.29) is 24.8 Å². The van der Waals surface area contributed by atoms with Crippen molar-refractivity contribution in [2.24, 2.45) is 5.92 Å².